The highest BCUT2D eigenvalue weighted by Crippen LogP contribution is 2.36. The van der Waals surface area contributed by atoms with Crippen molar-refractivity contribution in [3.8, 4) is 0 Å². The molecule has 1 saturated carbocycles. The van der Waals surface area contributed by atoms with Gasteiger partial charge in [-0.1, -0.05) is 27.2 Å². The van der Waals surface area contributed by atoms with Crippen LogP contribution in [0.3, 0.4) is 0 Å². The Balaban J connectivity index is 2.39. The molecule has 0 bridgehead atoms. The van der Waals surface area contributed by atoms with E-state index in [0.29, 0.717) is 12.0 Å². The fourth-order valence-corrected chi connectivity index (χ4v) is 2.80. The highest BCUT2D eigenvalue weighted by molar-refractivity contribution is 4.91. The molecule has 1 aliphatic rings. The molecule has 0 aromatic rings. The average molecular weight is 213 g/mol. The van der Waals surface area contributed by atoms with E-state index in [1.807, 2.05) is 0 Å². The molecular formula is C13H27NO. The van der Waals surface area contributed by atoms with Crippen LogP contribution in [0.2, 0.25) is 0 Å². The van der Waals surface area contributed by atoms with Crippen LogP contribution >= 0.6 is 0 Å². The van der Waals surface area contributed by atoms with Gasteiger partial charge in [-0.3, -0.25) is 0 Å². The van der Waals surface area contributed by atoms with Crippen molar-refractivity contribution in [3.63, 3.8) is 0 Å². The number of hydrogen-bond donors (Lipinski definition) is 2. The van der Waals surface area contributed by atoms with E-state index < -0.39 is 0 Å². The molecule has 1 rings (SSSR count). The van der Waals surface area contributed by atoms with Crippen LogP contribution in [0, 0.1) is 5.92 Å². The molecule has 0 aromatic heterocycles. The van der Waals surface area contributed by atoms with Crippen LogP contribution in [0.5, 0.6) is 0 Å². The maximum absolute atomic E-state index is 10.5. The van der Waals surface area contributed by atoms with E-state index in [9.17, 15) is 5.11 Å². The molecule has 0 aliphatic heterocycles. The molecule has 0 saturated heterocycles. The zero-order chi connectivity index (χ0) is 11.3. The Hall–Kier alpha value is -0.0800. The van der Waals surface area contributed by atoms with Crippen molar-refractivity contribution in [2.75, 3.05) is 6.54 Å². The fraction of sp³-hybridized carbons (Fsp3) is 1.00. The van der Waals surface area contributed by atoms with Gasteiger partial charge in [0.15, 0.2) is 0 Å². The van der Waals surface area contributed by atoms with Crippen LogP contribution in [-0.2, 0) is 0 Å². The van der Waals surface area contributed by atoms with E-state index in [2.05, 4.69) is 26.1 Å². The molecule has 1 aliphatic carbocycles. The van der Waals surface area contributed by atoms with Crippen LogP contribution < -0.4 is 5.32 Å². The van der Waals surface area contributed by atoms with Gasteiger partial charge in [0.1, 0.15) is 0 Å². The largest absolute Gasteiger partial charge is 0.390 e. The summed E-state index contributed by atoms with van der Waals surface area (Å²) in [5, 5.41) is 14.0. The maximum Gasteiger partial charge on any atom is 0.0674 e. The number of nitrogens with one attached hydrogen (secondary N) is 1. The Kier molecular flexibility index (Phi) is 5.07. The summed E-state index contributed by atoms with van der Waals surface area (Å²) in [6.07, 6.45) is 6.57. The first-order chi connectivity index (χ1) is 7.12. The van der Waals surface area contributed by atoms with Gasteiger partial charge in [-0.05, 0) is 44.6 Å². The second kappa shape index (κ2) is 5.86. The van der Waals surface area contributed by atoms with E-state index in [1.54, 1.807) is 0 Å². The number of hydrogen-bond acceptors (Lipinski definition) is 2. The highest BCUT2D eigenvalue weighted by atomic mass is 16.3. The first kappa shape index (κ1) is 13.0. The molecular weight excluding hydrogens is 186 g/mol. The van der Waals surface area contributed by atoms with Gasteiger partial charge in [0, 0.05) is 6.04 Å². The van der Waals surface area contributed by atoms with Gasteiger partial charge in [0.25, 0.3) is 0 Å². The summed E-state index contributed by atoms with van der Waals surface area (Å²) in [6, 6.07) is 0.643. The van der Waals surface area contributed by atoms with Crippen molar-refractivity contribution in [2.24, 2.45) is 5.92 Å². The molecule has 15 heavy (non-hydrogen) atoms. The van der Waals surface area contributed by atoms with Crippen molar-refractivity contribution in [1.82, 2.24) is 5.32 Å². The van der Waals surface area contributed by atoms with Gasteiger partial charge in [-0.25, -0.2) is 0 Å². The van der Waals surface area contributed by atoms with Gasteiger partial charge >= 0.3 is 0 Å². The summed E-state index contributed by atoms with van der Waals surface area (Å²) in [5.74, 6) is 0.463. The molecule has 2 heteroatoms. The summed E-state index contributed by atoms with van der Waals surface area (Å²) in [5.41, 5.74) is -0.373. The van der Waals surface area contributed by atoms with Crippen molar-refractivity contribution in [1.29, 1.82) is 0 Å². The Morgan fingerprint density at radius 2 is 1.93 bits per heavy atom. The highest BCUT2D eigenvalue weighted by Gasteiger charge is 2.36. The molecule has 2 N–H and O–H groups in total. The Morgan fingerprint density at radius 3 is 2.40 bits per heavy atom. The van der Waals surface area contributed by atoms with Gasteiger partial charge in [0.05, 0.1) is 5.60 Å². The summed E-state index contributed by atoms with van der Waals surface area (Å²) < 4.78 is 0. The van der Waals surface area contributed by atoms with Gasteiger partial charge in [-0.2, -0.15) is 0 Å². The van der Waals surface area contributed by atoms with Crippen LogP contribution in [0.1, 0.15) is 59.3 Å². The average Bonchev–Trinajstić information content (AvgIpc) is 2.22. The number of aliphatic hydroxyl groups is 1. The predicted molar refractivity (Wildman–Crippen MR) is 65.0 cm³/mol. The quantitative estimate of drug-likeness (QED) is 0.736. The van der Waals surface area contributed by atoms with Crippen LogP contribution in [0.15, 0.2) is 0 Å². The zero-order valence-electron chi connectivity index (χ0n) is 10.6. The molecule has 0 radical (unpaired) electrons. The molecule has 2 nitrogen and oxygen atoms in total. The normalized spacial score (nSPS) is 34.0. The first-order valence-electron chi connectivity index (χ1n) is 6.58. The standard InChI is InChI=1S/C13H27NO/c1-4-6-11(3)13(15)9-7-12(8-10-13)14-5-2/h11-12,14-15H,4-10H2,1-3H3. The summed E-state index contributed by atoms with van der Waals surface area (Å²) >= 11 is 0. The topological polar surface area (TPSA) is 32.3 Å². The van der Waals surface area contributed by atoms with E-state index in [0.717, 1.165) is 38.6 Å². The minimum absolute atomic E-state index is 0.373. The fourth-order valence-electron chi connectivity index (χ4n) is 2.80. The third-order valence-corrected chi connectivity index (χ3v) is 3.98. The van der Waals surface area contributed by atoms with Crippen molar-refractivity contribution in [2.45, 2.75) is 70.9 Å². The Morgan fingerprint density at radius 1 is 1.33 bits per heavy atom. The van der Waals surface area contributed by atoms with E-state index >= 15 is 0 Å². The van der Waals surface area contributed by atoms with Gasteiger partial charge in [0.2, 0.25) is 0 Å². The van der Waals surface area contributed by atoms with E-state index in [4.69, 9.17) is 0 Å². The van der Waals surface area contributed by atoms with Crippen LogP contribution in [0.4, 0.5) is 0 Å². The van der Waals surface area contributed by atoms with Crippen molar-refractivity contribution >= 4 is 0 Å². The molecule has 1 atom stereocenters. The maximum atomic E-state index is 10.5. The molecule has 1 fully saturated rings. The third kappa shape index (κ3) is 3.46. The van der Waals surface area contributed by atoms with E-state index in [1.165, 1.54) is 6.42 Å². The zero-order valence-corrected chi connectivity index (χ0v) is 10.6. The Labute approximate surface area is 94.5 Å². The molecule has 0 heterocycles. The monoisotopic (exact) mass is 213 g/mol. The van der Waals surface area contributed by atoms with Crippen molar-refractivity contribution < 1.29 is 5.11 Å². The molecule has 90 valence electrons. The second-order valence-electron chi connectivity index (χ2n) is 5.13. The summed E-state index contributed by atoms with van der Waals surface area (Å²) in [7, 11) is 0. The minimum atomic E-state index is -0.373. The smallest absolute Gasteiger partial charge is 0.0674 e. The van der Waals surface area contributed by atoms with Gasteiger partial charge in [-0.15, -0.1) is 0 Å². The molecule has 1 unspecified atom stereocenters. The molecule has 0 amide bonds. The SMILES string of the molecule is CCCC(C)C1(O)CCC(NCC)CC1. The molecule has 0 aromatic carbocycles. The summed E-state index contributed by atoms with van der Waals surface area (Å²) in [4.78, 5) is 0. The van der Waals surface area contributed by atoms with Crippen LogP contribution in [-0.4, -0.2) is 23.3 Å². The second-order valence-corrected chi connectivity index (χ2v) is 5.13. The number of rotatable bonds is 5. The third-order valence-electron chi connectivity index (χ3n) is 3.98. The lowest BCUT2D eigenvalue weighted by Crippen LogP contribution is -2.45. The summed E-state index contributed by atoms with van der Waals surface area (Å²) in [6.45, 7) is 7.61. The minimum Gasteiger partial charge on any atom is -0.390 e. The van der Waals surface area contributed by atoms with Crippen molar-refractivity contribution in [3.05, 3.63) is 0 Å². The lowest BCUT2D eigenvalue weighted by atomic mass is 9.73. The Bertz CT molecular complexity index is 173. The lowest BCUT2D eigenvalue weighted by Gasteiger charge is -2.40. The van der Waals surface area contributed by atoms with Crippen LogP contribution in [0.25, 0.3) is 0 Å². The lowest BCUT2D eigenvalue weighted by molar-refractivity contribution is -0.0514. The van der Waals surface area contributed by atoms with E-state index in [-0.39, 0.29) is 5.60 Å². The molecule has 0 spiro atoms. The first-order valence-corrected chi connectivity index (χ1v) is 6.58. The predicted octanol–water partition coefficient (Wildman–Crippen LogP) is 2.71. The van der Waals surface area contributed by atoms with Gasteiger partial charge < -0.3 is 10.4 Å².